The topological polar surface area (TPSA) is 102 Å². The van der Waals surface area contributed by atoms with Gasteiger partial charge in [0.15, 0.2) is 6.04 Å². The minimum atomic E-state index is -4.47. The van der Waals surface area contributed by atoms with Gasteiger partial charge in [0.25, 0.3) is 15.9 Å². The smallest absolute Gasteiger partial charge is 0.298 e. The maximum absolute atomic E-state index is 16.2. The Morgan fingerprint density at radius 1 is 0.977 bits per heavy atom. The van der Waals surface area contributed by atoms with Crippen LogP contribution < -0.4 is 10.5 Å². The number of hydrogen-bond donors (Lipinski definition) is 2. The number of likely N-dealkylation sites (tertiary alicyclic amines) is 1. The van der Waals surface area contributed by atoms with Gasteiger partial charge in [-0.25, -0.2) is 8.42 Å². The van der Waals surface area contributed by atoms with Crippen molar-refractivity contribution in [1.29, 1.82) is 0 Å². The van der Waals surface area contributed by atoms with Crippen LogP contribution in [0.25, 0.3) is 11.1 Å². The lowest BCUT2D eigenvalue weighted by atomic mass is 9.96. The predicted molar refractivity (Wildman–Crippen MR) is 165 cm³/mol. The van der Waals surface area contributed by atoms with Gasteiger partial charge in [-0.3, -0.25) is 4.79 Å². The number of carbonyl (C=O) groups excluding carboxylic acids is 1. The Morgan fingerprint density at radius 2 is 1.58 bits per heavy atom. The fourth-order valence-electron chi connectivity index (χ4n) is 5.50. The summed E-state index contributed by atoms with van der Waals surface area (Å²) < 4.78 is 67.3. The molecular formula is C31H36ClF2N3O4S2. The molecule has 2 aromatic carbocycles. The number of ether oxygens (including phenoxy) is 1. The summed E-state index contributed by atoms with van der Waals surface area (Å²) in [4.78, 5) is 15.5. The highest BCUT2D eigenvalue weighted by atomic mass is 35.5. The third-order valence-electron chi connectivity index (χ3n) is 8.10. The Hall–Kier alpha value is -2.41. The minimum absolute atomic E-state index is 0.137. The van der Waals surface area contributed by atoms with Gasteiger partial charge >= 0.3 is 0 Å². The van der Waals surface area contributed by atoms with Crippen molar-refractivity contribution < 1.29 is 26.7 Å². The lowest BCUT2D eigenvalue weighted by Gasteiger charge is -2.35. The zero-order valence-electron chi connectivity index (χ0n) is 23.7. The van der Waals surface area contributed by atoms with E-state index >= 15 is 8.78 Å². The zero-order chi connectivity index (χ0) is 30.6. The molecule has 1 amide bonds. The number of carbonyl (C=O) groups is 1. The molecule has 1 unspecified atom stereocenters. The number of nitrogens with two attached hydrogens (primary N) is 1. The Kier molecular flexibility index (Phi) is 10.2. The van der Waals surface area contributed by atoms with Crippen molar-refractivity contribution in [1.82, 2.24) is 9.62 Å². The van der Waals surface area contributed by atoms with Crippen molar-refractivity contribution in [2.45, 2.75) is 79.9 Å². The number of benzene rings is 2. The number of piperidine rings is 1. The zero-order valence-corrected chi connectivity index (χ0v) is 26.1. The third-order valence-corrected chi connectivity index (χ3v) is 11.3. The summed E-state index contributed by atoms with van der Waals surface area (Å²) in [5.41, 5.74) is 6.93. The molecule has 1 atom stereocenters. The molecule has 1 saturated carbocycles. The van der Waals surface area contributed by atoms with Gasteiger partial charge in [-0.15, -0.1) is 11.3 Å². The standard InChI is InChI=1S/C31H36ClF2N3O4S2/c32-24-12-8-22(9-13-24)21-6-10-23(11-7-21)31(33,34)29(30(38)37-18-16-25(35)17-19-37)36-43(39,40)28-15-14-27(42-28)20-41-26-4-2-1-3-5-26/h6-15,25-26,29,36H,1-5,16-20,35H2. The van der Waals surface area contributed by atoms with E-state index in [1.165, 1.54) is 41.7 Å². The number of thiophene rings is 1. The first-order valence-electron chi connectivity index (χ1n) is 14.5. The SMILES string of the molecule is NC1CCN(C(=O)C(NS(=O)(=O)c2ccc(COC3CCCCC3)s2)C(F)(F)c2ccc(-c3ccc(Cl)cc3)cc2)CC1. The maximum Gasteiger partial charge on any atom is 0.298 e. The van der Waals surface area contributed by atoms with Crippen molar-refractivity contribution in [3.8, 4) is 11.1 Å². The molecule has 2 heterocycles. The lowest BCUT2D eigenvalue weighted by Crippen LogP contribution is -2.57. The highest BCUT2D eigenvalue weighted by molar-refractivity contribution is 7.91. The Balaban J connectivity index is 1.38. The third kappa shape index (κ3) is 7.82. The molecule has 1 aliphatic heterocycles. The first-order chi connectivity index (χ1) is 20.5. The molecule has 0 radical (unpaired) electrons. The molecule has 0 spiro atoms. The van der Waals surface area contributed by atoms with E-state index in [-0.39, 0.29) is 36.1 Å². The Labute approximate surface area is 260 Å². The summed E-state index contributed by atoms with van der Waals surface area (Å²) in [5, 5.41) is 0.550. The average Bonchev–Trinajstić information content (AvgIpc) is 3.50. The summed E-state index contributed by atoms with van der Waals surface area (Å²) in [6.07, 6.45) is 6.37. The normalized spacial score (nSPS) is 18.1. The molecule has 5 rings (SSSR count). The van der Waals surface area contributed by atoms with Gasteiger partial charge in [-0.05, 0) is 61.1 Å². The van der Waals surface area contributed by atoms with Gasteiger partial charge in [-0.2, -0.15) is 13.5 Å². The van der Waals surface area contributed by atoms with Crippen LogP contribution in [0.4, 0.5) is 8.78 Å². The summed E-state index contributed by atoms with van der Waals surface area (Å²) in [7, 11) is -4.47. The van der Waals surface area contributed by atoms with Gasteiger partial charge in [0.2, 0.25) is 5.91 Å². The maximum atomic E-state index is 16.2. The van der Waals surface area contributed by atoms with Crippen molar-refractivity contribution in [2.75, 3.05) is 13.1 Å². The van der Waals surface area contributed by atoms with Crippen LogP contribution in [0.1, 0.15) is 55.4 Å². The number of rotatable bonds is 10. The second-order valence-corrected chi connectivity index (χ2v) is 14.8. The van der Waals surface area contributed by atoms with Crippen molar-refractivity contribution in [3.05, 3.63) is 76.1 Å². The average molecular weight is 652 g/mol. The quantitative estimate of drug-likeness (QED) is 0.268. The molecule has 2 fully saturated rings. The summed E-state index contributed by atoms with van der Waals surface area (Å²) >= 11 is 6.92. The second kappa shape index (κ2) is 13.7. The van der Waals surface area contributed by atoms with Gasteiger partial charge in [0.05, 0.1) is 12.7 Å². The molecule has 7 nitrogen and oxygen atoms in total. The number of halogens is 3. The van der Waals surface area contributed by atoms with Gasteiger partial charge < -0.3 is 15.4 Å². The molecule has 12 heteroatoms. The number of nitrogens with one attached hydrogen (secondary N) is 1. The molecule has 3 N–H and O–H groups in total. The molecule has 43 heavy (non-hydrogen) atoms. The molecule has 0 bridgehead atoms. The van der Waals surface area contributed by atoms with Crippen molar-refractivity contribution in [3.63, 3.8) is 0 Å². The Morgan fingerprint density at radius 3 is 2.21 bits per heavy atom. The minimum Gasteiger partial charge on any atom is -0.373 e. The molecule has 1 aromatic heterocycles. The van der Waals surface area contributed by atoms with Crippen LogP contribution in [0, 0.1) is 0 Å². The summed E-state index contributed by atoms with van der Waals surface area (Å²) in [6.45, 7) is 0.592. The van der Waals surface area contributed by atoms with Crippen LogP contribution in [0.2, 0.25) is 5.02 Å². The van der Waals surface area contributed by atoms with E-state index < -0.39 is 33.5 Å². The fourth-order valence-corrected chi connectivity index (χ4v) is 8.11. The van der Waals surface area contributed by atoms with Crippen LogP contribution in [0.15, 0.2) is 64.9 Å². The monoisotopic (exact) mass is 651 g/mol. The molecule has 3 aromatic rings. The largest absolute Gasteiger partial charge is 0.373 e. The van der Waals surface area contributed by atoms with E-state index in [1.807, 2.05) is 0 Å². The van der Waals surface area contributed by atoms with Crippen LogP contribution in [-0.2, 0) is 32.1 Å². The predicted octanol–water partition coefficient (Wildman–Crippen LogP) is 6.31. The number of sulfonamides is 1. The van der Waals surface area contributed by atoms with E-state index in [2.05, 4.69) is 4.72 Å². The van der Waals surface area contributed by atoms with E-state index in [0.29, 0.717) is 28.3 Å². The number of nitrogens with zero attached hydrogens (tertiary/aromatic N) is 1. The fraction of sp³-hybridized carbons (Fsp3) is 0.452. The first-order valence-corrected chi connectivity index (χ1v) is 17.2. The van der Waals surface area contributed by atoms with Gasteiger partial charge in [-0.1, -0.05) is 67.3 Å². The van der Waals surface area contributed by atoms with E-state index in [1.54, 1.807) is 30.3 Å². The highest BCUT2D eigenvalue weighted by Crippen LogP contribution is 2.36. The van der Waals surface area contributed by atoms with E-state index in [4.69, 9.17) is 22.1 Å². The molecule has 1 saturated heterocycles. The van der Waals surface area contributed by atoms with Crippen LogP contribution >= 0.6 is 22.9 Å². The van der Waals surface area contributed by atoms with Crippen molar-refractivity contribution in [2.24, 2.45) is 5.73 Å². The van der Waals surface area contributed by atoms with E-state index in [0.717, 1.165) is 42.6 Å². The van der Waals surface area contributed by atoms with Crippen molar-refractivity contribution >= 4 is 38.9 Å². The second-order valence-electron chi connectivity index (χ2n) is 11.2. The van der Waals surface area contributed by atoms with E-state index in [9.17, 15) is 13.2 Å². The Bertz CT molecular complexity index is 1490. The van der Waals surface area contributed by atoms with Crippen LogP contribution in [-0.4, -0.2) is 50.5 Å². The van der Waals surface area contributed by atoms with Crippen LogP contribution in [0.5, 0.6) is 0 Å². The number of alkyl halides is 2. The summed E-state index contributed by atoms with van der Waals surface area (Å²) in [5.74, 6) is -4.84. The van der Waals surface area contributed by atoms with Gasteiger partial charge in [0.1, 0.15) is 4.21 Å². The van der Waals surface area contributed by atoms with Crippen LogP contribution in [0.3, 0.4) is 0 Å². The molecular weight excluding hydrogens is 616 g/mol. The molecule has 2 aliphatic rings. The number of hydrogen-bond acceptors (Lipinski definition) is 6. The lowest BCUT2D eigenvalue weighted by molar-refractivity contribution is -0.145. The number of amides is 1. The summed E-state index contributed by atoms with van der Waals surface area (Å²) in [6, 6.07) is 12.9. The molecule has 1 aliphatic carbocycles. The molecule has 232 valence electrons. The first kappa shape index (κ1) is 32.0. The highest BCUT2D eigenvalue weighted by Gasteiger charge is 2.50. The van der Waals surface area contributed by atoms with Gasteiger partial charge in [0, 0.05) is 34.6 Å².